The molecular formula is C20H26FIN4O2. The monoisotopic (exact) mass is 500 g/mol. The van der Waals surface area contributed by atoms with Gasteiger partial charge in [0.1, 0.15) is 11.6 Å². The van der Waals surface area contributed by atoms with E-state index in [4.69, 9.17) is 4.74 Å². The number of benzene rings is 2. The van der Waals surface area contributed by atoms with Gasteiger partial charge in [-0.25, -0.2) is 4.39 Å². The molecule has 6 nitrogen and oxygen atoms in total. The normalized spacial score (nSPS) is 10.6. The lowest BCUT2D eigenvalue weighted by molar-refractivity contribution is 0.0954. The lowest BCUT2D eigenvalue weighted by atomic mass is 10.1. The van der Waals surface area contributed by atoms with E-state index in [1.807, 2.05) is 24.3 Å². The molecule has 0 saturated heterocycles. The first-order valence-corrected chi connectivity index (χ1v) is 8.66. The van der Waals surface area contributed by atoms with Crippen LogP contribution in [0.2, 0.25) is 0 Å². The van der Waals surface area contributed by atoms with Crippen molar-refractivity contribution in [2.24, 2.45) is 4.99 Å². The minimum absolute atomic E-state index is 0. The van der Waals surface area contributed by atoms with Gasteiger partial charge in [-0.3, -0.25) is 9.79 Å². The maximum absolute atomic E-state index is 13.5. The van der Waals surface area contributed by atoms with E-state index in [2.05, 4.69) is 20.9 Å². The Bertz CT molecular complexity index is 815. The van der Waals surface area contributed by atoms with Crippen molar-refractivity contribution in [3.05, 3.63) is 65.0 Å². The van der Waals surface area contributed by atoms with E-state index in [0.717, 1.165) is 11.3 Å². The molecule has 0 spiro atoms. The van der Waals surface area contributed by atoms with Crippen LogP contribution in [0.3, 0.4) is 0 Å². The molecule has 0 unspecified atom stereocenters. The summed E-state index contributed by atoms with van der Waals surface area (Å²) < 4.78 is 18.9. The number of guanidine groups is 1. The lowest BCUT2D eigenvalue weighted by Gasteiger charge is -2.14. The summed E-state index contributed by atoms with van der Waals surface area (Å²) in [5.41, 5.74) is 1.83. The summed E-state index contributed by atoms with van der Waals surface area (Å²) in [5.74, 6) is 0.712. The van der Waals surface area contributed by atoms with Crippen LogP contribution in [0.4, 0.5) is 4.39 Å². The number of para-hydroxylation sites is 1. The molecule has 0 heterocycles. The van der Waals surface area contributed by atoms with Gasteiger partial charge in [0.25, 0.3) is 5.91 Å². The Morgan fingerprint density at radius 1 is 1.11 bits per heavy atom. The van der Waals surface area contributed by atoms with Gasteiger partial charge in [-0.1, -0.05) is 24.3 Å². The number of carbonyl (C=O) groups excluding carboxylic acids is 1. The van der Waals surface area contributed by atoms with Crippen molar-refractivity contribution < 1.29 is 13.9 Å². The first-order chi connectivity index (χ1) is 13.0. The number of aryl methyl sites for hydroxylation is 1. The minimum Gasteiger partial charge on any atom is -0.496 e. The van der Waals surface area contributed by atoms with Crippen molar-refractivity contribution in [2.75, 3.05) is 27.2 Å². The number of amides is 1. The third-order valence-electron chi connectivity index (χ3n) is 4.00. The van der Waals surface area contributed by atoms with Crippen LogP contribution in [0.15, 0.2) is 47.5 Å². The topological polar surface area (TPSA) is 74.8 Å². The molecule has 0 fully saturated rings. The van der Waals surface area contributed by atoms with E-state index < -0.39 is 0 Å². The van der Waals surface area contributed by atoms with E-state index in [0.29, 0.717) is 36.7 Å². The van der Waals surface area contributed by atoms with Crippen molar-refractivity contribution in [2.45, 2.75) is 13.5 Å². The van der Waals surface area contributed by atoms with Crippen LogP contribution in [0.1, 0.15) is 21.5 Å². The van der Waals surface area contributed by atoms with Crippen molar-refractivity contribution in [3.8, 4) is 5.75 Å². The Morgan fingerprint density at radius 2 is 1.82 bits per heavy atom. The molecule has 0 radical (unpaired) electrons. The number of nitrogens with one attached hydrogen (secondary N) is 3. The van der Waals surface area contributed by atoms with E-state index >= 15 is 0 Å². The van der Waals surface area contributed by atoms with Crippen LogP contribution in [-0.4, -0.2) is 39.1 Å². The molecule has 0 bridgehead atoms. The number of aliphatic imine (C=N–C) groups is 1. The lowest BCUT2D eigenvalue weighted by Crippen LogP contribution is -2.41. The summed E-state index contributed by atoms with van der Waals surface area (Å²) in [6.45, 7) is 3.07. The van der Waals surface area contributed by atoms with Crippen molar-refractivity contribution in [3.63, 3.8) is 0 Å². The van der Waals surface area contributed by atoms with Crippen LogP contribution in [-0.2, 0) is 6.54 Å². The molecule has 28 heavy (non-hydrogen) atoms. The summed E-state index contributed by atoms with van der Waals surface area (Å²) in [4.78, 5) is 16.2. The van der Waals surface area contributed by atoms with E-state index in [9.17, 15) is 9.18 Å². The summed E-state index contributed by atoms with van der Waals surface area (Å²) in [5, 5.41) is 9.05. The highest BCUT2D eigenvalue weighted by Crippen LogP contribution is 2.16. The Hall–Kier alpha value is -2.36. The fraction of sp³-hybridized carbons (Fsp3) is 0.300. The molecule has 1 amide bonds. The Kier molecular flexibility index (Phi) is 10.3. The van der Waals surface area contributed by atoms with E-state index in [1.165, 1.54) is 6.07 Å². The summed E-state index contributed by atoms with van der Waals surface area (Å²) in [7, 11) is 3.31. The van der Waals surface area contributed by atoms with E-state index in [-0.39, 0.29) is 35.7 Å². The first-order valence-electron chi connectivity index (χ1n) is 8.66. The maximum Gasteiger partial charge on any atom is 0.251 e. The second-order valence-corrected chi connectivity index (χ2v) is 5.88. The van der Waals surface area contributed by atoms with Gasteiger partial charge >= 0.3 is 0 Å². The molecule has 2 aromatic carbocycles. The number of carbonyl (C=O) groups is 1. The molecule has 0 saturated carbocycles. The molecule has 0 aliphatic carbocycles. The predicted octanol–water partition coefficient (Wildman–Crippen LogP) is 2.86. The molecule has 2 aromatic rings. The number of hydrogen-bond donors (Lipinski definition) is 3. The smallest absolute Gasteiger partial charge is 0.251 e. The molecule has 2 rings (SSSR count). The van der Waals surface area contributed by atoms with Gasteiger partial charge in [-0.15, -0.1) is 24.0 Å². The number of hydrogen-bond acceptors (Lipinski definition) is 3. The number of methoxy groups -OCH3 is 1. The number of ether oxygens (including phenoxy) is 1. The summed E-state index contributed by atoms with van der Waals surface area (Å²) >= 11 is 0. The third-order valence-corrected chi connectivity index (χ3v) is 4.00. The van der Waals surface area contributed by atoms with Crippen molar-refractivity contribution >= 4 is 35.8 Å². The highest BCUT2D eigenvalue weighted by molar-refractivity contribution is 14.0. The van der Waals surface area contributed by atoms with Gasteiger partial charge in [0.05, 0.1) is 7.11 Å². The second kappa shape index (κ2) is 12.2. The Morgan fingerprint density at radius 3 is 2.50 bits per heavy atom. The van der Waals surface area contributed by atoms with Crippen LogP contribution >= 0.6 is 24.0 Å². The first kappa shape index (κ1) is 23.7. The van der Waals surface area contributed by atoms with Crippen LogP contribution < -0.4 is 20.7 Å². The zero-order valence-corrected chi connectivity index (χ0v) is 18.5. The predicted molar refractivity (Wildman–Crippen MR) is 120 cm³/mol. The average molecular weight is 500 g/mol. The largest absolute Gasteiger partial charge is 0.496 e. The molecule has 0 aromatic heterocycles. The quantitative estimate of drug-likeness (QED) is 0.237. The number of rotatable bonds is 7. The maximum atomic E-state index is 13.5. The molecule has 8 heteroatoms. The zero-order valence-electron chi connectivity index (χ0n) is 16.2. The fourth-order valence-electron chi connectivity index (χ4n) is 2.44. The fourth-order valence-corrected chi connectivity index (χ4v) is 2.44. The van der Waals surface area contributed by atoms with Crippen LogP contribution in [0.5, 0.6) is 5.75 Å². The van der Waals surface area contributed by atoms with Crippen LogP contribution in [0, 0.1) is 12.7 Å². The molecule has 152 valence electrons. The van der Waals surface area contributed by atoms with Crippen molar-refractivity contribution in [1.29, 1.82) is 0 Å². The zero-order chi connectivity index (χ0) is 19.6. The van der Waals surface area contributed by atoms with Gasteiger partial charge in [0.2, 0.25) is 0 Å². The van der Waals surface area contributed by atoms with Gasteiger partial charge in [0, 0.05) is 37.8 Å². The van der Waals surface area contributed by atoms with E-state index in [1.54, 1.807) is 33.2 Å². The minimum atomic E-state index is -0.387. The molecule has 0 aliphatic rings. The second-order valence-electron chi connectivity index (χ2n) is 5.88. The highest BCUT2D eigenvalue weighted by atomic mass is 127. The summed E-state index contributed by atoms with van der Waals surface area (Å²) in [6.07, 6.45) is 0. The van der Waals surface area contributed by atoms with Gasteiger partial charge < -0.3 is 20.7 Å². The molecular weight excluding hydrogens is 474 g/mol. The average Bonchev–Trinajstić information content (AvgIpc) is 2.69. The molecule has 0 aliphatic heterocycles. The Labute approximate surface area is 182 Å². The van der Waals surface area contributed by atoms with Crippen molar-refractivity contribution in [1.82, 2.24) is 16.0 Å². The van der Waals surface area contributed by atoms with Crippen LogP contribution in [0.25, 0.3) is 0 Å². The number of halogens is 2. The van der Waals surface area contributed by atoms with Gasteiger partial charge in [0.15, 0.2) is 5.96 Å². The standard InChI is InChI=1S/C20H25FN4O2.HI/c1-14-8-9-15(12-17(14)21)19(26)23-10-11-24-20(22-2)25-13-16-6-4-5-7-18(16)27-3;/h4-9,12H,10-11,13H2,1-3H3,(H,23,26)(H2,22,24,25);1H. The Balaban J connectivity index is 0.00000392. The molecule has 3 N–H and O–H groups in total. The third kappa shape index (κ3) is 6.99. The molecule has 0 atom stereocenters. The highest BCUT2D eigenvalue weighted by Gasteiger charge is 2.08. The van der Waals surface area contributed by atoms with Gasteiger partial charge in [-0.2, -0.15) is 0 Å². The number of nitrogens with zero attached hydrogens (tertiary/aromatic N) is 1. The van der Waals surface area contributed by atoms with Gasteiger partial charge in [-0.05, 0) is 30.7 Å². The SMILES string of the molecule is CN=C(NCCNC(=O)c1ccc(C)c(F)c1)NCc1ccccc1OC.I. The summed E-state index contributed by atoms with van der Waals surface area (Å²) in [6, 6.07) is 12.2.